The van der Waals surface area contributed by atoms with Crippen molar-refractivity contribution in [1.29, 1.82) is 0 Å². The van der Waals surface area contributed by atoms with Crippen LogP contribution in [-0.2, 0) is 0 Å². The molecular formula is C26H14ClN. The van der Waals surface area contributed by atoms with Gasteiger partial charge in [-0.2, -0.15) is 0 Å². The molecule has 2 heterocycles. The number of rotatable bonds is 0. The van der Waals surface area contributed by atoms with Gasteiger partial charge in [0.05, 0.1) is 11.0 Å². The van der Waals surface area contributed by atoms with Gasteiger partial charge in [0, 0.05) is 16.3 Å². The highest BCUT2D eigenvalue weighted by molar-refractivity contribution is 6.34. The maximum atomic E-state index is 6.68. The largest absolute Gasteiger partial charge is 0.300 e. The first-order valence-electron chi connectivity index (χ1n) is 9.50. The molecule has 2 heteroatoms. The zero-order valence-corrected chi connectivity index (χ0v) is 15.7. The van der Waals surface area contributed by atoms with Gasteiger partial charge in [-0.05, 0) is 51.0 Å². The molecule has 0 saturated carbocycles. The number of nitrogens with zero attached hydrogens (tertiary/aromatic N) is 1. The minimum Gasteiger partial charge on any atom is -0.300 e. The second-order valence-electron chi connectivity index (χ2n) is 7.52. The molecule has 0 fully saturated rings. The zero-order valence-electron chi connectivity index (χ0n) is 14.9. The molecule has 1 aliphatic rings. The maximum Gasteiger partial charge on any atom is 0.113 e. The second-order valence-corrected chi connectivity index (χ2v) is 7.90. The quantitative estimate of drug-likeness (QED) is 0.189. The lowest BCUT2D eigenvalue weighted by molar-refractivity contribution is 1.25. The van der Waals surface area contributed by atoms with E-state index in [1.54, 1.807) is 0 Å². The molecule has 0 unspecified atom stereocenters. The summed E-state index contributed by atoms with van der Waals surface area (Å²) in [5.41, 5.74) is 7.47. The Morgan fingerprint density at radius 3 is 2.11 bits per heavy atom. The van der Waals surface area contributed by atoms with Gasteiger partial charge in [0.2, 0.25) is 0 Å². The summed E-state index contributed by atoms with van der Waals surface area (Å²) < 4.78 is 2.19. The van der Waals surface area contributed by atoms with E-state index >= 15 is 0 Å². The predicted octanol–water partition coefficient (Wildman–Crippen LogP) is 7.70. The normalized spacial score (nSPS) is 12.5. The van der Waals surface area contributed by atoms with Gasteiger partial charge in [0.1, 0.15) is 5.15 Å². The van der Waals surface area contributed by atoms with Gasteiger partial charge in [-0.3, -0.25) is 4.40 Å². The molecule has 0 N–H and O–H groups in total. The molecule has 1 aliphatic carbocycles. The van der Waals surface area contributed by atoms with Gasteiger partial charge in [0.25, 0.3) is 0 Å². The SMILES string of the molecule is Clc1cccc2c3c4c5c(ccc6cccc(c65)-c5ccccc5-3)ccc4n12. The Hall–Kier alpha value is -3.29. The summed E-state index contributed by atoms with van der Waals surface area (Å²) in [6, 6.07) is 30.5. The van der Waals surface area contributed by atoms with E-state index in [0.717, 1.165) is 10.7 Å². The van der Waals surface area contributed by atoms with Crippen LogP contribution in [0.4, 0.5) is 0 Å². The van der Waals surface area contributed by atoms with Gasteiger partial charge < -0.3 is 0 Å². The summed E-state index contributed by atoms with van der Waals surface area (Å²) in [4.78, 5) is 0. The van der Waals surface area contributed by atoms with Crippen LogP contribution in [0.3, 0.4) is 0 Å². The van der Waals surface area contributed by atoms with Crippen molar-refractivity contribution in [2.24, 2.45) is 0 Å². The molecule has 4 aromatic carbocycles. The highest BCUT2D eigenvalue weighted by atomic mass is 35.5. The molecule has 0 atom stereocenters. The minimum absolute atomic E-state index is 0.742. The molecule has 7 rings (SSSR count). The third-order valence-corrected chi connectivity index (χ3v) is 6.48. The lowest BCUT2D eigenvalue weighted by Crippen LogP contribution is -1.88. The number of aromatic nitrogens is 1. The number of halogens is 1. The van der Waals surface area contributed by atoms with E-state index in [1.165, 1.54) is 54.7 Å². The van der Waals surface area contributed by atoms with Crippen LogP contribution in [0.2, 0.25) is 5.15 Å². The highest BCUT2D eigenvalue weighted by Gasteiger charge is 2.24. The first-order chi connectivity index (χ1) is 13.8. The molecule has 2 aromatic heterocycles. The van der Waals surface area contributed by atoms with Crippen molar-refractivity contribution < 1.29 is 0 Å². The molecule has 28 heavy (non-hydrogen) atoms. The molecule has 0 bridgehead atoms. The molecule has 6 aromatic rings. The van der Waals surface area contributed by atoms with Crippen molar-refractivity contribution in [2.45, 2.75) is 0 Å². The second kappa shape index (κ2) is 4.95. The van der Waals surface area contributed by atoms with Crippen LogP contribution < -0.4 is 0 Å². The van der Waals surface area contributed by atoms with Crippen LogP contribution in [0.1, 0.15) is 0 Å². The molecule has 0 aliphatic heterocycles. The van der Waals surface area contributed by atoms with E-state index in [4.69, 9.17) is 11.6 Å². The molecule has 0 amide bonds. The molecule has 0 saturated heterocycles. The summed E-state index contributed by atoms with van der Waals surface area (Å²) in [7, 11) is 0. The van der Waals surface area contributed by atoms with Crippen molar-refractivity contribution >= 4 is 49.6 Å². The van der Waals surface area contributed by atoms with Crippen molar-refractivity contribution in [1.82, 2.24) is 4.40 Å². The van der Waals surface area contributed by atoms with E-state index in [-0.39, 0.29) is 0 Å². The van der Waals surface area contributed by atoms with Crippen molar-refractivity contribution in [3.05, 3.63) is 90.1 Å². The van der Waals surface area contributed by atoms with Gasteiger partial charge in [0.15, 0.2) is 0 Å². The zero-order chi connectivity index (χ0) is 18.4. The molecular weight excluding hydrogens is 362 g/mol. The number of hydrogen-bond donors (Lipinski definition) is 0. The standard InChI is InChI=1S/C26H14ClN/c27-22-10-4-9-20-25-19-7-2-1-6-17(19)18-8-3-5-15-11-12-16-13-14-21(28(20)22)26(25)24(16)23(15)18/h1-14H. The number of hydrogen-bond acceptors (Lipinski definition) is 0. The van der Waals surface area contributed by atoms with E-state index < -0.39 is 0 Å². The fourth-order valence-corrected chi connectivity index (χ4v) is 5.36. The van der Waals surface area contributed by atoms with Crippen molar-refractivity contribution in [2.75, 3.05) is 0 Å². The number of fused-ring (bicyclic) bond motifs is 6. The minimum atomic E-state index is 0.742. The van der Waals surface area contributed by atoms with Crippen LogP contribution in [0.25, 0.3) is 60.2 Å². The smallest absolute Gasteiger partial charge is 0.113 e. The molecule has 0 radical (unpaired) electrons. The first kappa shape index (κ1) is 14.7. The molecule has 1 nitrogen and oxygen atoms in total. The Morgan fingerprint density at radius 2 is 1.21 bits per heavy atom. The van der Waals surface area contributed by atoms with Gasteiger partial charge in [-0.1, -0.05) is 78.3 Å². The van der Waals surface area contributed by atoms with Gasteiger partial charge in [-0.25, -0.2) is 0 Å². The maximum absolute atomic E-state index is 6.68. The fraction of sp³-hybridized carbons (Fsp3) is 0. The lowest BCUT2D eigenvalue weighted by atomic mass is 9.93. The van der Waals surface area contributed by atoms with E-state index in [1.807, 2.05) is 12.1 Å². The number of benzene rings is 4. The van der Waals surface area contributed by atoms with E-state index in [2.05, 4.69) is 77.2 Å². The average Bonchev–Trinajstić information content (AvgIpc) is 3.01. The van der Waals surface area contributed by atoms with Crippen LogP contribution in [0.15, 0.2) is 84.9 Å². The highest BCUT2D eigenvalue weighted by Crippen LogP contribution is 2.50. The van der Waals surface area contributed by atoms with Gasteiger partial charge >= 0.3 is 0 Å². The summed E-state index contributed by atoms with van der Waals surface area (Å²) in [6.07, 6.45) is 0. The summed E-state index contributed by atoms with van der Waals surface area (Å²) >= 11 is 6.68. The Kier molecular flexibility index (Phi) is 2.60. The summed E-state index contributed by atoms with van der Waals surface area (Å²) in [5, 5.41) is 7.26. The van der Waals surface area contributed by atoms with Gasteiger partial charge in [-0.15, -0.1) is 0 Å². The Bertz CT molecular complexity index is 1620. The van der Waals surface area contributed by atoms with Crippen LogP contribution >= 0.6 is 11.6 Å². The number of pyridine rings is 1. The molecule has 130 valence electrons. The Morgan fingerprint density at radius 1 is 0.500 bits per heavy atom. The van der Waals surface area contributed by atoms with E-state index in [9.17, 15) is 0 Å². The topological polar surface area (TPSA) is 4.41 Å². The monoisotopic (exact) mass is 375 g/mol. The molecule has 0 spiro atoms. The fourth-order valence-electron chi connectivity index (χ4n) is 5.11. The van der Waals surface area contributed by atoms with Crippen LogP contribution in [0.5, 0.6) is 0 Å². The summed E-state index contributed by atoms with van der Waals surface area (Å²) in [6.45, 7) is 0. The third kappa shape index (κ3) is 1.60. The van der Waals surface area contributed by atoms with Crippen LogP contribution in [-0.4, -0.2) is 4.40 Å². The lowest BCUT2D eigenvalue weighted by Gasteiger charge is -2.12. The predicted molar refractivity (Wildman–Crippen MR) is 119 cm³/mol. The van der Waals surface area contributed by atoms with Crippen LogP contribution in [0, 0.1) is 0 Å². The summed E-state index contributed by atoms with van der Waals surface area (Å²) in [5.74, 6) is 0. The van der Waals surface area contributed by atoms with Crippen molar-refractivity contribution in [3.63, 3.8) is 0 Å². The Labute approximate surface area is 166 Å². The first-order valence-corrected chi connectivity index (χ1v) is 9.87. The van der Waals surface area contributed by atoms with Crippen molar-refractivity contribution in [3.8, 4) is 22.3 Å². The van der Waals surface area contributed by atoms with E-state index in [0.29, 0.717) is 0 Å². The third-order valence-electron chi connectivity index (χ3n) is 6.18. The average molecular weight is 376 g/mol. The Balaban J connectivity index is 1.96.